The Morgan fingerprint density at radius 2 is 1.84 bits per heavy atom. The molecule has 3 nitrogen and oxygen atoms in total. The van der Waals surface area contributed by atoms with Crippen LogP contribution in [0, 0.1) is 0 Å². The molecule has 3 heteroatoms. The van der Waals surface area contributed by atoms with Crippen LogP contribution in [0.3, 0.4) is 0 Å². The van der Waals surface area contributed by atoms with E-state index in [1.54, 1.807) is 0 Å². The summed E-state index contributed by atoms with van der Waals surface area (Å²) < 4.78 is 0. The summed E-state index contributed by atoms with van der Waals surface area (Å²) >= 11 is 0. The first-order chi connectivity index (χ1) is 9.15. The van der Waals surface area contributed by atoms with Gasteiger partial charge in [-0.05, 0) is 38.4 Å². The fourth-order valence-corrected chi connectivity index (χ4v) is 2.24. The molecule has 0 heterocycles. The zero-order valence-corrected chi connectivity index (χ0v) is 12.0. The van der Waals surface area contributed by atoms with Gasteiger partial charge in [-0.1, -0.05) is 43.7 Å². The molecule has 1 aromatic rings. The van der Waals surface area contributed by atoms with Crippen LogP contribution in [-0.4, -0.2) is 29.1 Å². The maximum atomic E-state index is 10.6. The lowest BCUT2D eigenvalue weighted by Gasteiger charge is -2.29. The van der Waals surface area contributed by atoms with E-state index in [4.69, 9.17) is 5.11 Å². The summed E-state index contributed by atoms with van der Waals surface area (Å²) in [4.78, 5) is 13.0. The van der Waals surface area contributed by atoms with Gasteiger partial charge in [-0.2, -0.15) is 0 Å². The zero-order chi connectivity index (χ0) is 14.1. The van der Waals surface area contributed by atoms with Crippen molar-refractivity contribution in [1.82, 2.24) is 4.90 Å². The van der Waals surface area contributed by atoms with Gasteiger partial charge in [0.2, 0.25) is 0 Å². The molecule has 0 saturated carbocycles. The van der Waals surface area contributed by atoms with Crippen LogP contribution in [0.5, 0.6) is 0 Å². The minimum Gasteiger partial charge on any atom is -0.481 e. The maximum Gasteiger partial charge on any atom is 0.303 e. The number of rotatable bonds is 9. The summed E-state index contributed by atoms with van der Waals surface area (Å²) in [5, 5.41) is 8.74. The largest absolute Gasteiger partial charge is 0.481 e. The highest BCUT2D eigenvalue weighted by Crippen LogP contribution is 2.20. The number of benzene rings is 1. The van der Waals surface area contributed by atoms with Gasteiger partial charge in [-0.3, -0.25) is 9.69 Å². The molecule has 1 atom stereocenters. The van der Waals surface area contributed by atoms with E-state index in [2.05, 4.69) is 43.0 Å². The van der Waals surface area contributed by atoms with Gasteiger partial charge in [0.1, 0.15) is 0 Å². The Bertz CT molecular complexity index is 364. The van der Waals surface area contributed by atoms with Gasteiger partial charge in [0.05, 0.1) is 0 Å². The van der Waals surface area contributed by atoms with E-state index in [0.29, 0.717) is 6.04 Å². The van der Waals surface area contributed by atoms with E-state index >= 15 is 0 Å². The fourth-order valence-electron chi connectivity index (χ4n) is 2.24. The normalized spacial score (nSPS) is 12.6. The van der Waals surface area contributed by atoms with Gasteiger partial charge in [-0.25, -0.2) is 0 Å². The molecular formula is C16H25NO2. The van der Waals surface area contributed by atoms with Gasteiger partial charge in [0, 0.05) is 12.5 Å². The Kier molecular flexibility index (Phi) is 7.19. The van der Waals surface area contributed by atoms with Crippen molar-refractivity contribution in [3.63, 3.8) is 0 Å². The van der Waals surface area contributed by atoms with Crippen LogP contribution < -0.4 is 0 Å². The first kappa shape index (κ1) is 15.7. The Balaban J connectivity index is 2.59. The highest BCUT2D eigenvalue weighted by atomic mass is 16.4. The smallest absolute Gasteiger partial charge is 0.303 e. The summed E-state index contributed by atoms with van der Waals surface area (Å²) in [6.45, 7) is 6.27. The average molecular weight is 263 g/mol. The lowest BCUT2D eigenvalue weighted by atomic mass is 10.1. The summed E-state index contributed by atoms with van der Waals surface area (Å²) in [7, 11) is 0. The number of aliphatic carboxylic acids is 1. The van der Waals surface area contributed by atoms with Crippen LogP contribution in [0.4, 0.5) is 0 Å². The van der Waals surface area contributed by atoms with Crippen molar-refractivity contribution >= 4 is 5.97 Å². The molecule has 106 valence electrons. The first-order valence-corrected chi connectivity index (χ1v) is 7.16. The van der Waals surface area contributed by atoms with Gasteiger partial charge < -0.3 is 5.11 Å². The van der Waals surface area contributed by atoms with E-state index in [9.17, 15) is 4.79 Å². The predicted molar refractivity (Wildman–Crippen MR) is 78.2 cm³/mol. The second kappa shape index (κ2) is 8.70. The summed E-state index contributed by atoms with van der Waals surface area (Å²) in [6.07, 6.45) is 3.29. The van der Waals surface area contributed by atoms with Crippen molar-refractivity contribution in [1.29, 1.82) is 0 Å². The molecule has 0 aliphatic rings. The van der Waals surface area contributed by atoms with Gasteiger partial charge in [0.25, 0.3) is 0 Å². The quantitative estimate of drug-likeness (QED) is 0.738. The lowest BCUT2D eigenvalue weighted by molar-refractivity contribution is -0.137. The van der Waals surface area contributed by atoms with E-state index < -0.39 is 5.97 Å². The third-order valence-corrected chi connectivity index (χ3v) is 3.46. The van der Waals surface area contributed by atoms with E-state index in [1.165, 1.54) is 5.56 Å². The van der Waals surface area contributed by atoms with Gasteiger partial charge in [-0.15, -0.1) is 0 Å². The predicted octanol–water partition coefficient (Wildman–Crippen LogP) is 3.71. The average Bonchev–Trinajstić information content (AvgIpc) is 2.42. The first-order valence-electron chi connectivity index (χ1n) is 7.16. The molecule has 1 N–H and O–H groups in total. The minimum atomic E-state index is -0.706. The molecule has 0 radical (unpaired) electrons. The minimum absolute atomic E-state index is 0.254. The highest BCUT2D eigenvalue weighted by Gasteiger charge is 2.15. The molecule has 0 bridgehead atoms. The number of unbranched alkanes of at least 4 members (excludes halogenated alkanes) is 1. The second-order valence-electron chi connectivity index (χ2n) is 4.97. The molecular weight excluding hydrogens is 238 g/mol. The summed E-state index contributed by atoms with van der Waals surface area (Å²) in [6, 6.07) is 10.8. The number of hydrogen-bond donors (Lipinski definition) is 1. The van der Waals surface area contributed by atoms with Gasteiger partial charge >= 0.3 is 5.97 Å². The Morgan fingerprint density at radius 1 is 1.21 bits per heavy atom. The number of carboxylic acid groups (broad SMARTS) is 1. The van der Waals surface area contributed by atoms with Gasteiger partial charge in [0.15, 0.2) is 0 Å². The summed E-state index contributed by atoms with van der Waals surface area (Å²) in [5.74, 6) is -0.706. The van der Waals surface area contributed by atoms with Crippen LogP contribution in [0.2, 0.25) is 0 Å². The molecule has 1 rings (SSSR count). The van der Waals surface area contributed by atoms with Crippen LogP contribution in [0.15, 0.2) is 30.3 Å². The fraction of sp³-hybridized carbons (Fsp3) is 0.562. The second-order valence-corrected chi connectivity index (χ2v) is 4.97. The molecule has 0 saturated heterocycles. The molecule has 0 aliphatic carbocycles. The van der Waals surface area contributed by atoms with Crippen LogP contribution in [0.25, 0.3) is 0 Å². The number of carboxylic acids is 1. The van der Waals surface area contributed by atoms with E-state index in [-0.39, 0.29) is 6.42 Å². The summed E-state index contributed by atoms with van der Waals surface area (Å²) in [5.41, 5.74) is 1.30. The standard InChI is InChI=1S/C16H25NO2/c1-3-4-12-17(13-8-11-16(18)19)14(2)15-9-6-5-7-10-15/h5-7,9-10,14H,3-4,8,11-13H2,1-2H3,(H,18,19). The lowest BCUT2D eigenvalue weighted by Crippen LogP contribution is -2.29. The SMILES string of the molecule is CCCCN(CCCC(=O)O)C(C)c1ccccc1. The molecule has 0 aromatic heterocycles. The van der Waals surface area contributed by atoms with Crippen molar-refractivity contribution in [3.8, 4) is 0 Å². The van der Waals surface area contributed by atoms with Crippen molar-refractivity contribution in [3.05, 3.63) is 35.9 Å². The molecule has 0 amide bonds. The Labute approximate surface area is 116 Å². The molecule has 19 heavy (non-hydrogen) atoms. The Morgan fingerprint density at radius 3 is 2.42 bits per heavy atom. The maximum absolute atomic E-state index is 10.6. The molecule has 1 aromatic carbocycles. The molecule has 1 unspecified atom stereocenters. The van der Waals surface area contributed by atoms with Crippen LogP contribution in [0.1, 0.15) is 51.1 Å². The molecule has 0 spiro atoms. The van der Waals surface area contributed by atoms with Crippen molar-refractivity contribution in [2.24, 2.45) is 0 Å². The zero-order valence-electron chi connectivity index (χ0n) is 12.0. The molecule has 0 fully saturated rings. The number of carbonyl (C=O) groups is 1. The van der Waals surface area contributed by atoms with Crippen LogP contribution >= 0.6 is 0 Å². The monoisotopic (exact) mass is 263 g/mol. The highest BCUT2D eigenvalue weighted by molar-refractivity contribution is 5.66. The van der Waals surface area contributed by atoms with Crippen molar-refractivity contribution in [2.45, 2.75) is 45.6 Å². The topological polar surface area (TPSA) is 40.5 Å². The Hall–Kier alpha value is -1.35. The van der Waals surface area contributed by atoms with E-state index in [0.717, 1.165) is 32.4 Å². The third kappa shape index (κ3) is 5.88. The van der Waals surface area contributed by atoms with E-state index in [1.807, 2.05) is 6.07 Å². The third-order valence-electron chi connectivity index (χ3n) is 3.46. The number of hydrogen-bond acceptors (Lipinski definition) is 2. The van der Waals surface area contributed by atoms with Crippen molar-refractivity contribution < 1.29 is 9.90 Å². The number of nitrogens with zero attached hydrogens (tertiary/aromatic N) is 1. The van der Waals surface area contributed by atoms with Crippen LogP contribution in [-0.2, 0) is 4.79 Å². The van der Waals surface area contributed by atoms with Crippen molar-refractivity contribution in [2.75, 3.05) is 13.1 Å². The molecule has 0 aliphatic heterocycles.